The second-order valence-corrected chi connectivity index (χ2v) is 3.43. The molecule has 1 rings (SSSR count). The first kappa shape index (κ1) is 10.1. The van der Waals surface area contributed by atoms with E-state index in [2.05, 4.69) is 16.6 Å². The summed E-state index contributed by atoms with van der Waals surface area (Å²) in [5.74, 6) is 2.48. The molecule has 1 atom stereocenters. The topological polar surface area (TPSA) is 41.1 Å². The Hall–Kier alpha value is -1.01. The standard InChI is InChI=1S/C10H16N2O/c1-3-8(2)12-10(13)6-7-11-9-4-5-9/h1,8-9,11H,4-7H2,2H3,(H,12,13). The summed E-state index contributed by atoms with van der Waals surface area (Å²) in [7, 11) is 0. The monoisotopic (exact) mass is 180 g/mol. The minimum Gasteiger partial charge on any atom is -0.343 e. The van der Waals surface area contributed by atoms with Gasteiger partial charge in [0.15, 0.2) is 0 Å². The second kappa shape index (κ2) is 4.88. The summed E-state index contributed by atoms with van der Waals surface area (Å²) < 4.78 is 0. The molecule has 0 spiro atoms. The maximum atomic E-state index is 11.2. The molecule has 0 bridgehead atoms. The van der Waals surface area contributed by atoms with Gasteiger partial charge in [0.05, 0.1) is 6.04 Å². The first-order chi connectivity index (χ1) is 6.22. The molecule has 0 aromatic carbocycles. The molecule has 1 saturated carbocycles. The number of terminal acetylenes is 1. The van der Waals surface area contributed by atoms with Crippen molar-refractivity contribution in [3.8, 4) is 12.3 Å². The van der Waals surface area contributed by atoms with Gasteiger partial charge >= 0.3 is 0 Å². The molecule has 1 unspecified atom stereocenters. The number of carbonyl (C=O) groups excluding carboxylic acids is 1. The lowest BCUT2D eigenvalue weighted by molar-refractivity contribution is -0.121. The number of rotatable bonds is 5. The number of hydrogen-bond donors (Lipinski definition) is 2. The van der Waals surface area contributed by atoms with Crippen molar-refractivity contribution in [1.82, 2.24) is 10.6 Å². The zero-order valence-corrected chi connectivity index (χ0v) is 7.97. The molecule has 1 amide bonds. The second-order valence-electron chi connectivity index (χ2n) is 3.43. The number of hydrogen-bond acceptors (Lipinski definition) is 2. The smallest absolute Gasteiger partial charge is 0.222 e. The van der Waals surface area contributed by atoms with Gasteiger partial charge in [-0.1, -0.05) is 5.92 Å². The van der Waals surface area contributed by atoms with Crippen molar-refractivity contribution >= 4 is 5.91 Å². The van der Waals surface area contributed by atoms with E-state index < -0.39 is 0 Å². The average Bonchev–Trinajstić information content (AvgIpc) is 2.88. The summed E-state index contributed by atoms with van der Waals surface area (Å²) in [4.78, 5) is 11.2. The van der Waals surface area contributed by atoms with Gasteiger partial charge in [-0.25, -0.2) is 0 Å². The average molecular weight is 180 g/mol. The molecule has 3 nitrogen and oxygen atoms in total. The summed E-state index contributed by atoms with van der Waals surface area (Å²) in [6, 6.07) is 0.506. The van der Waals surface area contributed by atoms with Gasteiger partial charge in [-0.05, 0) is 19.8 Å². The summed E-state index contributed by atoms with van der Waals surface area (Å²) in [5, 5.41) is 5.97. The predicted octanol–water partition coefficient (Wildman–Crippen LogP) is 0.266. The highest BCUT2D eigenvalue weighted by Crippen LogP contribution is 2.18. The van der Waals surface area contributed by atoms with Crippen LogP contribution in [-0.4, -0.2) is 24.5 Å². The molecule has 1 fully saturated rings. The van der Waals surface area contributed by atoms with Crippen LogP contribution in [0.1, 0.15) is 26.2 Å². The van der Waals surface area contributed by atoms with Crippen molar-refractivity contribution < 1.29 is 4.79 Å². The third-order valence-electron chi connectivity index (χ3n) is 1.99. The summed E-state index contributed by atoms with van der Waals surface area (Å²) >= 11 is 0. The van der Waals surface area contributed by atoms with Gasteiger partial charge in [-0.15, -0.1) is 6.42 Å². The van der Waals surface area contributed by atoms with Gasteiger partial charge in [0.25, 0.3) is 0 Å². The molecule has 0 aliphatic heterocycles. The third kappa shape index (κ3) is 4.54. The maximum Gasteiger partial charge on any atom is 0.222 e. The zero-order chi connectivity index (χ0) is 9.68. The van der Waals surface area contributed by atoms with Crippen molar-refractivity contribution in [2.75, 3.05) is 6.54 Å². The highest BCUT2D eigenvalue weighted by Gasteiger charge is 2.20. The molecule has 0 saturated heterocycles. The van der Waals surface area contributed by atoms with Crippen LogP contribution >= 0.6 is 0 Å². The van der Waals surface area contributed by atoms with Gasteiger partial charge in [0.2, 0.25) is 5.91 Å². The van der Waals surface area contributed by atoms with Crippen LogP contribution in [0, 0.1) is 12.3 Å². The van der Waals surface area contributed by atoms with E-state index in [1.54, 1.807) is 6.92 Å². The van der Waals surface area contributed by atoms with Crippen LogP contribution in [0.3, 0.4) is 0 Å². The van der Waals surface area contributed by atoms with Gasteiger partial charge < -0.3 is 10.6 Å². The summed E-state index contributed by atoms with van der Waals surface area (Å²) in [6.45, 7) is 2.56. The van der Waals surface area contributed by atoms with E-state index in [1.165, 1.54) is 12.8 Å². The van der Waals surface area contributed by atoms with E-state index in [0.717, 1.165) is 6.54 Å². The molecular formula is C10H16N2O. The first-order valence-corrected chi connectivity index (χ1v) is 4.71. The molecule has 0 radical (unpaired) electrons. The van der Waals surface area contributed by atoms with Gasteiger partial charge in [0, 0.05) is 19.0 Å². The van der Waals surface area contributed by atoms with Crippen molar-refractivity contribution in [3.63, 3.8) is 0 Å². The Morgan fingerprint density at radius 2 is 2.38 bits per heavy atom. The highest BCUT2D eigenvalue weighted by atomic mass is 16.1. The van der Waals surface area contributed by atoms with E-state index in [-0.39, 0.29) is 11.9 Å². The quantitative estimate of drug-likeness (QED) is 0.596. The van der Waals surface area contributed by atoms with Gasteiger partial charge in [-0.3, -0.25) is 4.79 Å². The predicted molar refractivity (Wildman–Crippen MR) is 52.1 cm³/mol. The Balaban J connectivity index is 2.00. The Labute approximate surface area is 79.3 Å². The van der Waals surface area contributed by atoms with Gasteiger partial charge in [0.1, 0.15) is 0 Å². The van der Waals surface area contributed by atoms with E-state index >= 15 is 0 Å². The summed E-state index contributed by atoms with van der Waals surface area (Å²) in [6.07, 6.45) is 8.15. The van der Waals surface area contributed by atoms with Crippen LogP contribution in [0.2, 0.25) is 0 Å². The fraction of sp³-hybridized carbons (Fsp3) is 0.700. The first-order valence-electron chi connectivity index (χ1n) is 4.71. The molecule has 3 heteroatoms. The van der Waals surface area contributed by atoms with E-state index in [1.807, 2.05) is 0 Å². The van der Waals surface area contributed by atoms with Crippen molar-refractivity contribution in [2.24, 2.45) is 0 Å². The Morgan fingerprint density at radius 1 is 1.69 bits per heavy atom. The molecule has 1 aliphatic carbocycles. The minimum absolute atomic E-state index is 0.0265. The van der Waals surface area contributed by atoms with Gasteiger partial charge in [-0.2, -0.15) is 0 Å². The summed E-state index contributed by atoms with van der Waals surface area (Å²) in [5.41, 5.74) is 0. The normalized spacial score (nSPS) is 17.5. The zero-order valence-electron chi connectivity index (χ0n) is 7.97. The van der Waals surface area contributed by atoms with Crippen molar-refractivity contribution in [3.05, 3.63) is 0 Å². The number of nitrogens with one attached hydrogen (secondary N) is 2. The fourth-order valence-corrected chi connectivity index (χ4v) is 1.03. The molecular weight excluding hydrogens is 164 g/mol. The maximum absolute atomic E-state index is 11.2. The highest BCUT2D eigenvalue weighted by molar-refractivity contribution is 5.76. The molecule has 72 valence electrons. The van der Waals surface area contributed by atoms with E-state index in [4.69, 9.17) is 6.42 Å². The number of carbonyl (C=O) groups is 1. The lowest BCUT2D eigenvalue weighted by Gasteiger charge is -2.07. The molecule has 0 aromatic rings. The third-order valence-corrected chi connectivity index (χ3v) is 1.99. The number of amides is 1. The Morgan fingerprint density at radius 3 is 2.92 bits per heavy atom. The van der Waals surface area contributed by atoms with Crippen LogP contribution < -0.4 is 10.6 Å². The lowest BCUT2D eigenvalue weighted by atomic mass is 10.3. The Bertz CT molecular complexity index is 215. The Kier molecular flexibility index (Phi) is 3.78. The molecule has 1 aliphatic rings. The SMILES string of the molecule is C#CC(C)NC(=O)CCNC1CC1. The van der Waals surface area contributed by atoms with Crippen LogP contribution in [0.4, 0.5) is 0 Å². The molecule has 0 aromatic heterocycles. The van der Waals surface area contributed by atoms with Crippen LogP contribution in [0.5, 0.6) is 0 Å². The van der Waals surface area contributed by atoms with E-state index in [0.29, 0.717) is 12.5 Å². The van der Waals surface area contributed by atoms with Crippen LogP contribution in [0.25, 0.3) is 0 Å². The molecule has 13 heavy (non-hydrogen) atoms. The minimum atomic E-state index is -0.159. The van der Waals surface area contributed by atoms with Crippen LogP contribution in [0.15, 0.2) is 0 Å². The molecule has 0 heterocycles. The lowest BCUT2D eigenvalue weighted by Crippen LogP contribution is -2.33. The van der Waals surface area contributed by atoms with E-state index in [9.17, 15) is 4.79 Å². The van der Waals surface area contributed by atoms with Crippen molar-refractivity contribution in [2.45, 2.75) is 38.3 Å². The molecule has 2 N–H and O–H groups in total. The van der Waals surface area contributed by atoms with Crippen LogP contribution in [-0.2, 0) is 4.79 Å². The van der Waals surface area contributed by atoms with Crippen molar-refractivity contribution in [1.29, 1.82) is 0 Å². The largest absolute Gasteiger partial charge is 0.343 e. The fourth-order valence-electron chi connectivity index (χ4n) is 1.03.